The summed E-state index contributed by atoms with van der Waals surface area (Å²) in [5, 5.41) is 0. The van der Waals surface area contributed by atoms with Crippen LogP contribution in [0.4, 0.5) is 0 Å². The molecule has 0 N–H and O–H groups in total. The molecule has 0 aliphatic carbocycles. The maximum atomic E-state index is 11.9. The van der Waals surface area contributed by atoms with Gasteiger partial charge in [0.2, 0.25) is 0 Å². The molecule has 23 heavy (non-hydrogen) atoms. The number of aryl methyl sites for hydroxylation is 2. The number of rotatable bonds is 4. The van der Waals surface area contributed by atoms with E-state index in [-0.39, 0.29) is 11.1 Å². The Labute approximate surface area is 134 Å². The lowest BCUT2D eigenvalue weighted by Crippen LogP contribution is -2.20. The molecular weight excluding hydrogens is 320 g/mol. The first-order valence-electron chi connectivity index (χ1n) is 6.64. The van der Waals surface area contributed by atoms with Crippen molar-refractivity contribution < 1.29 is 26.4 Å². The van der Waals surface area contributed by atoms with E-state index >= 15 is 0 Å². The summed E-state index contributed by atoms with van der Waals surface area (Å²) in [4.78, 5) is 23.7. The average Bonchev–Trinajstić information content (AvgIpc) is 2.46. The first-order chi connectivity index (χ1) is 10.8. The van der Waals surface area contributed by atoms with Crippen LogP contribution in [0.25, 0.3) is 0 Å². The predicted octanol–water partition coefficient (Wildman–Crippen LogP) is 2.56. The van der Waals surface area contributed by atoms with E-state index in [9.17, 15) is 18.0 Å². The maximum Gasteiger partial charge on any atom is 0.506 e. The summed E-state index contributed by atoms with van der Waals surface area (Å²) < 4.78 is 32.1. The molecule has 0 atom stereocenters. The summed E-state index contributed by atoms with van der Waals surface area (Å²) in [5.41, 5.74) is 1.22. The third-order valence-electron chi connectivity index (χ3n) is 3.09. The summed E-state index contributed by atoms with van der Waals surface area (Å²) in [6.45, 7) is 3.26. The lowest BCUT2D eigenvalue weighted by molar-refractivity contribution is 0.0647. The quantitative estimate of drug-likeness (QED) is 0.854. The van der Waals surface area contributed by atoms with Gasteiger partial charge in [-0.15, -0.1) is 8.42 Å². The maximum absolute atomic E-state index is 11.9. The Kier molecular flexibility index (Phi) is 4.80. The zero-order valence-electron chi connectivity index (χ0n) is 12.5. The minimum absolute atomic E-state index is 0.0722. The molecule has 0 heterocycles. The highest BCUT2D eigenvalue weighted by molar-refractivity contribution is 7.82. The Bertz CT molecular complexity index is 789. The lowest BCUT2D eigenvalue weighted by atomic mass is 10.1. The molecule has 0 aliphatic rings. The predicted molar refractivity (Wildman–Crippen MR) is 82.1 cm³/mol. The normalized spacial score (nSPS) is 10.9. The summed E-state index contributed by atoms with van der Waals surface area (Å²) >= 11 is 0. The fourth-order valence-electron chi connectivity index (χ4n) is 1.90. The van der Waals surface area contributed by atoms with Crippen molar-refractivity contribution in [2.24, 2.45) is 0 Å². The highest BCUT2D eigenvalue weighted by atomic mass is 32.3. The van der Waals surface area contributed by atoms with Crippen molar-refractivity contribution in [1.29, 1.82) is 0 Å². The third-order valence-corrected chi connectivity index (χ3v) is 3.80. The van der Waals surface area contributed by atoms with Crippen LogP contribution >= 0.6 is 0 Å². The first kappa shape index (κ1) is 16.7. The van der Waals surface area contributed by atoms with E-state index in [2.05, 4.69) is 8.37 Å². The molecule has 0 fully saturated rings. The number of carbonyl (C=O) groups is 2. The SMILES string of the molecule is Cc1ccccc1C(=O)OS(=O)(=O)OC(=O)c1ccccc1C. The van der Waals surface area contributed by atoms with Crippen molar-refractivity contribution in [2.75, 3.05) is 0 Å². The van der Waals surface area contributed by atoms with Gasteiger partial charge in [0.05, 0.1) is 11.1 Å². The highest BCUT2D eigenvalue weighted by Gasteiger charge is 2.26. The molecule has 6 nitrogen and oxygen atoms in total. The molecule has 0 spiro atoms. The van der Waals surface area contributed by atoms with Gasteiger partial charge in [0, 0.05) is 0 Å². The Morgan fingerprint density at radius 2 is 1.09 bits per heavy atom. The Morgan fingerprint density at radius 1 is 0.739 bits per heavy atom. The van der Waals surface area contributed by atoms with Crippen LogP contribution in [0, 0.1) is 13.8 Å². The molecule has 0 aliphatic heterocycles. The number of carbonyl (C=O) groups excluding carboxylic acids is 2. The molecule has 2 aromatic carbocycles. The minimum Gasteiger partial charge on any atom is -0.311 e. The topological polar surface area (TPSA) is 86.7 Å². The van der Waals surface area contributed by atoms with Gasteiger partial charge in [0.15, 0.2) is 0 Å². The summed E-state index contributed by atoms with van der Waals surface area (Å²) in [6, 6.07) is 12.6. The highest BCUT2D eigenvalue weighted by Crippen LogP contribution is 2.14. The summed E-state index contributed by atoms with van der Waals surface area (Å²) in [7, 11) is -4.81. The van der Waals surface area contributed by atoms with Gasteiger partial charge >= 0.3 is 22.3 Å². The second kappa shape index (κ2) is 6.62. The molecule has 0 bridgehead atoms. The lowest BCUT2D eigenvalue weighted by Gasteiger charge is -2.08. The van der Waals surface area contributed by atoms with Gasteiger partial charge in [0.25, 0.3) is 0 Å². The smallest absolute Gasteiger partial charge is 0.311 e. The van der Waals surface area contributed by atoms with E-state index in [1.807, 2.05) is 0 Å². The summed E-state index contributed by atoms with van der Waals surface area (Å²) in [5.74, 6) is -2.22. The van der Waals surface area contributed by atoms with Crippen LogP contribution in [0.5, 0.6) is 0 Å². The zero-order valence-corrected chi connectivity index (χ0v) is 13.3. The minimum atomic E-state index is -4.81. The molecule has 0 aromatic heterocycles. The van der Waals surface area contributed by atoms with E-state index in [1.165, 1.54) is 12.1 Å². The van der Waals surface area contributed by atoms with Crippen LogP contribution in [-0.2, 0) is 18.8 Å². The van der Waals surface area contributed by atoms with Crippen LogP contribution in [0.3, 0.4) is 0 Å². The fraction of sp³-hybridized carbons (Fsp3) is 0.125. The van der Waals surface area contributed by atoms with Crippen molar-refractivity contribution in [3.63, 3.8) is 0 Å². The Hall–Kier alpha value is -2.67. The molecule has 0 unspecified atom stereocenters. The first-order valence-corrected chi connectivity index (χ1v) is 7.97. The van der Waals surface area contributed by atoms with Crippen molar-refractivity contribution >= 4 is 22.3 Å². The molecular formula is C16H14O6S. The van der Waals surface area contributed by atoms with E-state index in [1.54, 1.807) is 50.2 Å². The van der Waals surface area contributed by atoms with Crippen LogP contribution in [0.1, 0.15) is 31.8 Å². The fourth-order valence-corrected chi connectivity index (χ4v) is 2.48. The second-order valence-corrected chi connectivity index (χ2v) is 5.93. The van der Waals surface area contributed by atoms with Crippen molar-refractivity contribution in [2.45, 2.75) is 13.8 Å². The number of hydrogen-bond acceptors (Lipinski definition) is 6. The van der Waals surface area contributed by atoms with Crippen molar-refractivity contribution in [3.8, 4) is 0 Å². The van der Waals surface area contributed by atoms with Gasteiger partial charge in [0.1, 0.15) is 0 Å². The average molecular weight is 334 g/mol. The standard InChI is InChI=1S/C16H14O6S/c1-11-7-3-5-9-13(11)15(17)21-23(19,20)22-16(18)14-10-6-4-8-12(14)2/h3-10H,1-2H3. The summed E-state index contributed by atoms with van der Waals surface area (Å²) in [6.07, 6.45) is 0. The molecule has 2 rings (SSSR count). The Balaban J connectivity index is 2.14. The van der Waals surface area contributed by atoms with E-state index in [0.717, 1.165) is 0 Å². The van der Waals surface area contributed by atoms with E-state index in [4.69, 9.17) is 0 Å². The second-order valence-electron chi connectivity index (χ2n) is 4.78. The molecule has 0 amide bonds. The monoisotopic (exact) mass is 334 g/mol. The molecule has 0 saturated heterocycles. The molecule has 0 radical (unpaired) electrons. The van der Waals surface area contributed by atoms with Crippen molar-refractivity contribution in [3.05, 3.63) is 70.8 Å². The third kappa shape index (κ3) is 4.17. The van der Waals surface area contributed by atoms with Crippen LogP contribution in [-0.4, -0.2) is 20.4 Å². The van der Waals surface area contributed by atoms with Gasteiger partial charge in [-0.2, -0.15) is 0 Å². The van der Waals surface area contributed by atoms with Gasteiger partial charge in [-0.25, -0.2) is 9.59 Å². The number of benzene rings is 2. The molecule has 120 valence electrons. The number of hydrogen-bond donors (Lipinski definition) is 0. The van der Waals surface area contributed by atoms with Crippen LogP contribution in [0.2, 0.25) is 0 Å². The Morgan fingerprint density at radius 3 is 1.43 bits per heavy atom. The molecule has 0 saturated carbocycles. The largest absolute Gasteiger partial charge is 0.506 e. The van der Waals surface area contributed by atoms with Gasteiger partial charge in [-0.3, -0.25) is 0 Å². The van der Waals surface area contributed by atoms with Crippen LogP contribution in [0.15, 0.2) is 48.5 Å². The molecule has 7 heteroatoms. The van der Waals surface area contributed by atoms with Gasteiger partial charge < -0.3 is 8.37 Å². The zero-order chi connectivity index (χ0) is 17.0. The van der Waals surface area contributed by atoms with Crippen LogP contribution < -0.4 is 0 Å². The van der Waals surface area contributed by atoms with Gasteiger partial charge in [-0.1, -0.05) is 36.4 Å². The van der Waals surface area contributed by atoms with E-state index < -0.39 is 22.3 Å². The van der Waals surface area contributed by atoms with Gasteiger partial charge in [-0.05, 0) is 37.1 Å². The van der Waals surface area contributed by atoms with Crippen molar-refractivity contribution in [1.82, 2.24) is 0 Å². The van der Waals surface area contributed by atoms with E-state index in [0.29, 0.717) is 11.1 Å². The molecule has 2 aromatic rings.